The molecule has 0 radical (unpaired) electrons. The Bertz CT molecular complexity index is 661. The third-order valence-electron chi connectivity index (χ3n) is 3.65. The fourth-order valence-electron chi connectivity index (χ4n) is 2.66. The molecule has 1 heterocycles. The minimum absolute atomic E-state index is 0.138. The molecule has 0 atom stereocenters. The Balaban J connectivity index is 2.49. The highest BCUT2D eigenvalue weighted by atomic mass is 16.3. The number of rotatable bonds is 5. The number of aromatic nitrogens is 1. The van der Waals surface area contributed by atoms with Crippen LogP contribution in [0.4, 0.5) is 0 Å². The lowest BCUT2D eigenvalue weighted by atomic mass is 10.1. The summed E-state index contributed by atoms with van der Waals surface area (Å²) in [5.41, 5.74) is 4.49. The van der Waals surface area contributed by atoms with Crippen LogP contribution in [0, 0.1) is 6.92 Å². The van der Waals surface area contributed by atoms with E-state index in [0.717, 1.165) is 36.1 Å². The Morgan fingerprint density at radius 3 is 2.76 bits per heavy atom. The highest BCUT2D eigenvalue weighted by Crippen LogP contribution is 2.29. The average molecular weight is 290 g/mol. The van der Waals surface area contributed by atoms with Crippen molar-refractivity contribution in [2.75, 3.05) is 20.6 Å². The molecule has 0 aliphatic carbocycles. The van der Waals surface area contributed by atoms with Gasteiger partial charge >= 0.3 is 0 Å². The number of aryl methyl sites for hydroxylation is 1. The fourth-order valence-corrected chi connectivity index (χ4v) is 2.66. The van der Waals surface area contributed by atoms with Gasteiger partial charge in [-0.2, -0.15) is 0 Å². The van der Waals surface area contributed by atoms with E-state index in [9.17, 15) is 9.90 Å². The Morgan fingerprint density at radius 1 is 1.43 bits per heavy atom. The number of fused-ring (bicyclic) bond motifs is 1. The summed E-state index contributed by atoms with van der Waals surface area (Å²) in [6, 6.07) is 5.07. The van der Waals surface area contributed by atoms with E-state index in [1.54, 1.807) is 12.1 Å². The zero-order valence-corrected chi connectivity index (χ0v) is 12.7. The summed E-state index contributed by atoms with van der Waals surface area (Å²) < 4.78 is 2.10. The minimum Gasteiger partial charge on any atom is -0.508 e. The number of nitrogens with one attached hydrogen (secondary N) is 1. The van der Waals surface area contributed by atoms with Crippen LogP contribution >= 0.6 is 0 Å². The molecule has 1 amide bonds. The number of amides is 1. The zero-order valence-electron chi connectivity index (χ0n) is 12.7. The van der Waals surface area contributed by atoms with E-state index < -0.39 is 0 Å². The molecular formula is C15H22N4O2. The van der Waals surface area contributed by atoms with Crippen LogP contribution in [0.2, 0.25) is 0 Å². The van der Waals surface area contributed by atoms with Gasteiger partial charge in [-0.15, -0.1) is 0 Å². The van der Waals surface area contributed by atoms with Crippen LogP contribution in [0.25, 0.3) is 10.9 Å². The number of phenolic OH excluding ortho intramolecular Hbond substituents is 1. The SMILES string of the molecule is Cc1c(C(=O)NN)c2cc(O)ccc2n1CCCN(C)C. The third-order valence-corrected chi connectivity index (χ3v) is 3.65. The predicted molar refractivity (Wildman–Crippen MR) is 83.2 cm³/mol. The number of phenols is 1. The lowest BCUT2D eigenvalue weighted by Gasteiger charge is -2.12. The average Bonchev–Trinajstić information content (AvgIpc) is 2.70. The van der Waals surface area contributed by atoms with Gasteiger partial charge in [0, 0.05) is 23.1 Å². The molecule has 2 rings (SSSR count). The quantitative estimate of drug-likeness (QED) is 0.439. The van der Waals surface area contributed by atoms with Gasteiger partial charge in [0.05, 0.1) is 5.56 Å². The molecule has 0 spiro atoms. The molecule has 0 bridgehead atoms. The number of hydrazine groups is 1. The summed E-state index contributed by atoms with van der Waals surface area (Å²) in [5.74, 6) is 5.07. The van der Waals surface area contributed by atoms with Crippen molar-refractivity contribution in [2.45, 2.75) is 19.9 Å². The molecule has 21 heavy (non-hydrogen) atoms. The summed E-state index contributed by atoms with van der Waals surface area (Å²) in [5, 5.41) is 10.4. The van der Waals surface area contributed by atoms with E-state index in [1.165, 1.54) is 0 Å². The maximum Gasteiger partial charge on any atom is 0.267 e. The minimum atomic E-state index is -0.338. The van der Waals surface area contributed by atoms with Gasteiger partial charge in [-0.3, -0.25) is 10.2 Å². The first-order valence-corrected chi connectivity index (χ1v) is 6.93. The second-order valence-corrected chi connectivity index (χ2v) is 5.44. The molecule has 114 valence electrons. The van der Waals surface area contributed by atoms with Gasteiger partial charge in [0.2, 0.25) is 0 Å². The van der Waals surface area contributed by atoms with Crippen LogP contribution in [0.5, 0.6) is 5.75 Å². The summed E-state index contributed by atoms with van der Waals surface area (Å²) in [6.45, 7) is 3.68. The van der Waals surface area contributed by atoms with E-state index in [-0.39, 0.29) is 11.7 Å². The molecule has 0 saturated carbocycles. The predicted octanol–water partition coefficient (Wildman–Crippen LogP) is 1.21. The van der Waals surface area contributed by atoms with E-state index in [2.05, 4.69) is 14.9 Å². The molecule has 1 aromatic heterocycles. The third kappa shape index (κ3) is 3.01. The van der Waals surface area contributed by atoms with Gasteiger partial charge in [0.1, 0.15) is 5.75 Å². The van der Waals surface area contributed by atoms with Crippen molar-refractivity contribution in [2.24, 2.45) is 5.84 Å². The summed E-state index contributed by atoms with van der Waals surface area (Å²) in [6.07, 6.45) is 0.974. The smallest absolute Gasteiger partial charge is 0.267 e. The molecule has 6 nitrogen and oxygen atoms in total. The van der Waals surface area contributed by atoms with Crippen molar-refractivity contribution in [1.29, 1.82) is 0 Å². The largest absolute Gasteiger partial charge is 0.508 e. The Kier molecular flexibility index (Phi) is 4.50. The topological polar surface area (TPSA) is 83.5 Å². The monoisotopic (exact) mass is 290 g/mol. The molecular weight excluding hydrogens is 268 g/mol. The summed E-state index contributed by atoms with van der Waals surface area (Å²) in [7, 11) is 4.07. The molecule has 0 aliphatic heterocycles. The number of carbonyl (C=O) groups excluding carboxylic acids is 1. The molecule has 0 unspecified atom stereocenters. The maximum absolute atomic E-state index is 12.0. The Morgan fingerprint density at radius 2 is 2.14 bits per heavy atom. The van der Waals surface area contributed by atoms with Gasteiger partial charge in [0.15, 0.2) is 0 Å². The van der Waals surface area contributed by atoms with E-state index in [4.69, 9.17) is 5.84 Å². The molecule has 4 N–H and O–H groups in total. The van der Waals surface area contributed by atoms with Gasteiger partial charge < -0.3 is 14.6 Å². The van der Waals surface area contributed by atoms with Crippen LogP contribution in [0.3, 0.4) is 0 Å². The second kappa shape index (κ2) is 6.15. The summed E-state index contributed by atoms with van der Waals surface area (Å²) >= 11 is 0. The van der Waals surface area contributed by atoms with Crippen molar-refractivity contribution in [1.82, 2.24) is 14.9 Å². The number of aromatic hydroxyl groups is 1. The van der Waals surface area contributed by atoms with Crippen molar-refractivity contribution >= 4 is 16.8 Å². The number of nitrogen functional groups attached to an aromatic ring is 1. The second-order valence-electron chi connectivity index (χ2n) is 5.44. The number of nitrogens with zero attached hydrogens (tertiary/aromatic N) is 2. The first-order chi connectivity index (χ1) is 9.95. The Hall–Kier alpha value is -2.05. The van der Waals surface area contributed by atoms with E-state index in [0.29, 0.717) is 5.56 Å². The van der Waals surface area contributed by atoms with Gasteiger partial charge in [-0.25, -0.2) is 5.84 Å². The molecule has 6 heteroatoms. The van der Waals surface area contributed by atoms with Gasteiger partial charge in [-0.05, 0) is 52.2 Å². The number of hydrogen-bond donors (Lipinski definition) is 3. The van der Waals surface area contributed by atoms with Crippen LogP contribution in [0.1, 0.15) is 22.5 Å². The van der Waals surface area contributed by atoms with Crippen molar-refractivity contribution < 1.29 is 9.90 Å². The van der Waals surface area contributed by atoms with Gasteiger partial charge in [-0.1, -0.05) is 0 Å². The highest BCUT2D eigenvalue weighted by Gasteiger charge is 2.19. The van der Waals surface area contributed by atoms with Gasteiger partial charge in [0.25, 0.3) is 5.91 Å². The summed E-state index contributed by atoms with van der Waals surface area (Å²) in [4.78, 5) is 14.1. The number of carbonyl (C=O) groups is 1. The zero-order chi connectivity index (χ0) is 15.6. The first kappa shape index (κ1) is 15.3. The van der Waals surface area contributed by atoms with Crippen LogP contribution in [0.15, 0.2) is 18.2 Å². The van der Waals surface area contributed by atoms with Crippen molar-refractivity contribution in [3.63, 3.8) is 0 Å². The maximum atomic E-state index is 12.0. The molecule has 0 saturated heterocycles. The molecule has 2 aromatic rings. The van der Waals surface area contributed by atoms with Crippen LogP contribution in [-0.2, 0) is 6.54 Å². The normalized spacial score (nSPS) is 11.3. The number of hydrogen-bond acceptors (Lipinski definition) is 4. The lowest BCUT2D eigenvalue weighted by molar-refractivity contribution is 0.0954. The first-order valence-electron chi connectivity index (χ1n) is 6.93. The number of benzene rings is 1. The van der Waals surface area contributed by atoms with Crippen molar-refractivity contribution in [3.8, 4) is 5.75 Å². The van der Waals surface area contributed by atoms with E-state index >= 15 is 0 Å². The molecule has 0 aliphatic rings. The van der Waals surface area contributed by atoms with E-state index in [1.807, 2.05) is 27.1 Å². The number of nitrogens with two attached hydrogens (primary N) is 1. The molecule has 1 aromatic carbocycles. The van der Waals surface area contributed by atoms with Crippen molar-refractivity contribution in [3.05, 3.63) is 29.5 Å². The standard InChI is InChI=1S/C15H22N4O2/c1-10-14(15(21)17-16)12-9-11(20)5-6-13(12)19(10)8-4-7-18(2)3/h5-6,9,20H,4,7-8,16H2,1-3H3,(H,17,21). The highest BCUT2D eigenvalue weighted by molar-refractivity contribution is 6.08. The fraction of sp³-hybridized carbons (Fsp3) is 0.400. The lowest BCUT2D eigenvalue weighted by Crippen LogP contribution is -2.30. The Labute approximate surface area is 124 Å². The van der Waals surface area contributed by atoms with Crippen LogP contribution in [-0.4, -0.2) is 41.1 Å². The van der Waals surface area contributed by atoms with Crippen LogP contribution < -0.4 is 11.3 Å². The molecule has 0 fully saturated rings.